The van der Waals surface area contributed by atoms with Crippen molar-refractivity contribution in [3.05, 3.63) is 0 Å². The molecular weight excluding hydrogens is 232 g/mol. The number of amidine groups is 1. The highest BCUT2D eigenvalue weighted by Gasteiger charge is 2.54. The number of carbonyl (C=O) groups is 1. The van der Waals surface area contributed by atoms with E-state index in [4.69, 9.17) is 10.9 Å². The van der Waals surface area contributed by atoms with Crippen LogP contribution in [0.4, 0.5) is 0 Å². The van der Waals surface area contributed by atoms with E-state index < -0.39 is 5.41 Å². The van der Waals surface area contributed by atoms with Crippen LogP contribution in [0.5, 0.6) is 0 Å². The second-order valence-electron chi connectivity index (χ2n) is 5.06. The largest absolute Gasteiger partial charge is 0.409 e. The summed E-state index contributed by atoms with van der Waals surface area (Å²) in [5.74, 6) is -0.106. The third-order valence-electron chi connectivity index (χ3n) is 3.88. The lowest BCUT2D eigenvalue weighted by Gasteiger charge is -2.24. The summed E-state index contributed by atoms with van der Waals surface area (Å²) >= 11 is 0. The van der Waals surface area contributed by atoms with Crippen molar-refractivity contribution >= 4 is 11.7 Å². The van der Waals surface area contributed by atoms with Crippen LogP contribution in [0.15, 0.2) is 5.16 Å². The predicted octanol–water partition coefficient (Wildman–Crippen LogP) is 0.360. The van der Waals surface area contributed by atoms with E-state index >= 15 is 0 Å². The molecule has 1 saturated carbocycles. The van der Waals surface area contributed by atoms with Gasteiger partial charge >= 0.3 is 0 Å². The molecule has 1 unspecified atom stereocenters. The highest BCUT2D eigenvalue weighted by atomic mass is 16.4. The molecule has 0 spiro atoms. The van der Waals surface area contributed by atoms with Gasteiger partial charge in [-0.25, -0.2) is 0 Å². The molecule has 0 aromatic carbocycles. The Morgan fingerprint density at radius 2 is 2.22 bits per heavy atom. The third-order valence-corrected chi connectivity index (χ3v) is 3.88. The molecule has 1 fully saturated rings. The fourth-order valence-electron chi connectivity index (χ4n) is 1.87. The van der Waals surface area contributed by atoms with Crippen molar-refractivity contribution in [2.45, 2.75) is 39.2 Å². The minimum Gasteiger partial charge on any atom is -0.409 e. The van der Waals surface area contributed by atoms with Crippen LogP contribution in [0, 0.1) is 5.41 Å². The van der Waals surface area contributed by atoms with E-state index in [9.17, 15) is 4.79 Å². The molecule has 1 aliphatic carbocycles. The number of amides is 1. The fourth-order valence-corrected chi connectivity index (χ4v) is 1.87. The van der Waals surface area contributed by atoms with Crippen LogP contribution in [0.2, 0.25) is 0 Å². The van der Waals surface area contributed by atoms with Gasteiger partial charge in [0, 0.05) is 19.1 Å². The minimum absolute atomic E-state index is 0.0234. The summed E-state index contributed by atoms with van der Waals surface area (Å²) in [6.07, 6.45) is 2.41. The van der Waals surface area contributed by atoms with Gasteiger partial charge in [0.15, 0.2) is 5.84 Å². The highest BCUT2D eigenvalue weighted by Crippen LogP contribution is 2.45. The van der Waals surface area contributed by atoms with Gasteiger partial charge in [-0.3, -0.25) is 4.79 Å². The topological polar surface area (TPSA) is 91.0 Å². The summed E-state index contributed by atoms with van der Waals surface area (Å²) in [5.41, 5.74) is 4.80. The normalized spacial score (nSPS) is 19.7. The van der Waals surface area contributed by atoms with E-state index in [2.05, 4.69) is 29.2 Å². The fraction of sp³-hybridized carbons (Fsp3) is 0.833. The summed E-state index contributed by atoms with van der Waals surface area (Å²) in [6.45, 7) is 5.67. The number of nitrogens with one attached hydrogen (secondary N) is 1. The molecule has 104 valence electrons. The molecular formula is C12H24N4O2. The number of nitrogens with two attached hydrogens (primary N) is 1. The molecule has 0 heterocycles. The molecule has 0 saturated heterocycles. The number of hydrogen-bond donors (Lipinski definition) is 3. The van der Waals surface area contributed by atoms with Crippen LogP contribution in [-0.2, 0) is 4.79 Å². The first-order valence-electron chi connectivity index (χ1n) is 6.44. The van der Waals surface area contributed by atoms with Crippen molar-refractivity contribution in [2.24, 2.45) is 16.3 Å². The van der Waals surface area contributed by atoms with Gasteiger partial charge in [-0.05, 0) is 33.2 Å². The average molecular weight is 256 g/mol. The molecule has 1 amide bonds. The predicted molar refractivity (Wildman–Crippen MR) is 70.5 cm³/mol. The van der Waals surface area contributed by atoms with E-state index in [-0.39, 0.29) is 11.7 Å². The zero-order chi connectivity index (χ0) is 13.8. The van der Waals surface area contributed by atoms with Crippen LogP contribution >= 0.6 is 0 Å². The van der Waals surface area contributed by atoms with Gasteiger partial charge in [-0.1, -0.05) is 12.1 Å². The van der Waals surface area contributed by atoms with Gasteiger partial charge in [-0.2, -0.15) is 0 Å². The summed E-state index contributed by atoms with van der Waals surface area (Å²) in [4.78, 5) is 14.1. The molecule has 0 aliphatic heterocycles. The first kappa shape index (κ1) is 14.8. The zero-order valence-corrected chi connectivity index (χ0v) is 11.4. The van der Waals surface area contributed by atoms with Crippen molar-refractivity contribution in [1.29, 1.82) is 0 Å². The summed E-state index contributed by atoms with van der Waals surface area (Å²) in [7, 11) is 2.04. The van der Waals surface area contributed by atoms with Crippen LogP contribution < -0.4 is 11.1 Å². The van der Waals surface area contributed by atoms with Gasteiger partial charge in [0.25, 0.3) is 0 Å². The smallest absolute Gasteiger partial charge is 0.234 e. The quantitative estimate of drug-likeness (QED) is 0.265. The Morgan fingerprint density at radius 3 is 2.67 bits per heavy atom. The molecule has 1 atom stereocenters. The van der Waals surface area contributed by atoms with Crippen LogP contribution in [0.25, 0.3) is 0 Å². The second-order valence-corrected chi connectivity index (χ2v) is 5.06. The molecule has 1 rings (SSSR count). The summed E-state index contributed by atoms with van der Waals surface area (Å²) in [5, 5.41) is 14.5. The number of rotatable bonds is 7. The Kier molecular flexibility index (Phi) is 4.95. The summed E-state index contributed by atoms with van der Waals surface area (Å²) < 4.78 is 0. The number of likely N-dealkylation sites (N-methyl/N-ethyl adjacent to an activating group) is 1. The molecule has 6 heteroatoms. The Hall–Kier alpha value is -1.30. The first-order chi connectivity index (χ1) is 8.47. The van der Waals surface area contributed by atoms with Crippen molar-refractivity contribution in [3.63, 3.8) is 0 Å². The Morgan fingerprint density at radius 1 is 1.61 bits per heavy atom. The lowest BCUT2D eigenvalue weighted by Crippen LogP contribution is -2.44. The van der Waals surface area contributed by atoms with Gasteiger partial charge < -0.3 is 21.2 Å². The van der Waals surface area contributed by atoms with Gasteiger partial charge in [0.05, 0.1) is 0 Å². The van der Waals surface area contributed by atoms with Crippen LogP contribution in [-0.4, -0.2) is 48.0 Å². The lowest BCUT2D eigenvalue weighted by atomic mass is 10.1. The molecule has 18 heavy (non-hydrogen) atoms. The molecule has 0 bridgehead atoms. The number of hydrogen-bond acceptors (Lipinski definition) is 4. The molecule has 4 N–H and O–H groups in total. The van der Waals surface area contributed by atoms with E-state index in [1.54, 1.807) is 0 Å². The van der Waals surface area contributed by atoms with E-state index in [1.165, 1.54) is 0 Å². The zero-order valence-electron chi connectivity index (χ0n) is 11.4. The average Bonchev–Trinajstić information content (AvgIpc) is 3.17. The van der Waals surface area contributed by atoms with Gasteiger partial charge in [0.1, 0.15) is 5.41 Å². The second kappa shape index (κ2) is 6.04. The highest BCUT2D eigenvalue weighted by molar-refractivity contribution is 6.09. The molecule has 6 nitrogen and oxygen atoms in total. The van der Waals surface area contributed by atoms with Crippen molar-refractivity contribution in [2.75, 3.05) is 20.1 Å². The maximum absolute atomic E-state index is 11.9. The Labute approximate surface area is 108 Å². The molecule has 0 aromatic rings. The van der Waals surface area contributed by atoms with E-state index in [0.717, 1.165) is 13.0 Å². The van der Waals surface area contributed by atoms with Crippen molar-refractivity contribution in [3.8, 4) is 0 Å². The maximum Gasteiger partial charge on any atom is 0.234 e. The van der Waals surface area contributed by atoms with Gasteiger partial charge in [0.2, 0.25) is 5.91 Å². The van der Waals surface area contributed by atoms with Gasteiger partial charge in [-0.15, -0.1) is 0 Å². The lowest BCUT2D eigenvalue weighted by molar-refractivity contribution is -0.124. The van der Waals surface area contributed by atoms with E-state index in [1.807, 2.05) is 7.05 Å². The molecule has 0 radical (unpaired) electrons. The third kappa shape index (κ3) is 3.13. The number of nitrogens with zero attached hydrogens (tertiary/aromatic N) is 2. The minimum atomic E-state index is -0.746. The maximum atomic E-state index is 11.9. The Bertz CT molecular complexity index is 326. The first-order valence-corrected chi connectivity index (χ1v) is 6.44. The van der Waals surface area contributed by atoms with Crippen LogP contribution in [0.1, 0.15) is 33.1 Å². The summed E-state index contributed by atoms with van der Waals surface area (Å²) in [6, 6.07) is 0.501. The Balaban J connectivity index is 2.35. The monoisotopic (exact) mass is 256 g/mol. The standard InChI is InChI=1S/C12H24N4O2/c1-4-9(2)16(3)8-7-14-11(17)12(5-6-12)10(13)15-18/h9,18H,4-8H2,1-3H3,(H2,13,15)(H,14,17). The number of carbonyl (C=O) groups excluding carboxylic acids is 1. The van der Waals surface area contributed by atoms with Crippen molar-refractivity contribution in [1.82, 2.24) is 10.2 Å². The van der Waals surface area contributed by atoms with Crippen molar-refractivity contribution < 1.29 is 10.0 Å². The SMILES string of the molecule is CCC(C)N(C)CCNC(=O)C1(C(N)=NO)CC1. The van der Waals surface area contributed by atoms with Crippen LogP contribution in [0.3, 0.4) is 0 Å². The molecule has 0 aromatic heterocycles. The molecule has 1 aliphatic rings. The number of oxime groups is 1. The van der Waals surface area contributed by atoms with E-state index in [0.29, 0.717) is 25.4 Å².